The molecule has 3 N–H and O–H groups in total. The molecule has 0 aliphatic rings. The number of amides is 1. The number of halogens is 1. The average Bonchev–Trinajstić information content (AvgIpc) is 2.77. The third-order valence-corrected chi connectivity index (χ3v) is 2.10. The highest BCUT2D eigenvalue weighted by Gasteiger charge is 2.08. The summed E-state index contributed by atoms with van der Waals surface area (Å²) in [6.45, 7) is 0.214. The van der Waals surface area contributed by atoms with Gasteiger partial charge in [-0.05, 0) is 18.2 Å². The van der Waals surface area contributed by atoms with Crippen LogP contribution in [0.5, 0.6) is 0 Å². The highest BCUT2D eigenvalue weighted by atomic mass is 19.1. The van der Waals surface area contributed by atoms with Crippen molar-refractivity contribution in [1.82, 2.24) is 10.5 Å². The van der Waals surface area contributed by atoms with Crippen LogP contribution in [0.4, 0.5) is 10.1 Å². The van der Waals surface area contributed by atoms with Gasteiger partial charge in [-0.15, -0.1) is 0 Å². The molecule has 0 aliphatic heterocycles. The van der Waals surface area contributed by atoms with Gasteiger partial charge in [0.15, 0.2) is 0 Å². The molecule has 1 amide bonds. The lowest BCUT2D eigenvalue weighted by molar-refractivity contribution is 0.0949. The standard InChI is InChI=1S/C11H10FN3O2/c12-8-3-7(4-9(13)5-8)11(16)14-6-10-1-2-17-15-10/h1-5H,6,13H2,(H,14,16). The minimum atomic E-state index is -0.545. The predicted molar refractivity (Wildman–Crippen MR) is 58.5 cm³/mol. The maximum atomic E-state index is 13.0. The number of hydrogen-bond donors (Lipinski definition) is 2. The van der Waals surface area contributed by atoms with Gasteiger partial charge in [0.1, 0.15) is 17.8 Å². The highest BCUT2D eigenvalue weighted by Crippen LogP contribution is 2.10. The van der Waals surface area contributed by atoms with Gasteiger partial charge in [-0.1, -0.05) is 5.16 Å². The van der Waals surface area contributed by atoms with Crippen molar-refractivity contribution in [2.45, 2.75) is 6.54 Å². The molecule has 6 heteroatoms. The van der Waals surface area contributed by atoms with E-state index in [0.29, 0.717) is 5.69 Å². The molecule has 0 atom stereocenters. The van der Waals surface area contributed by atoms with E-state index in [1.165, 1.54) is 12.3 Å². The quantitative estimate of drug-likeness (QED) is 0.786. The fourth-order valence-electron chi connectivity index (χ4n) is 1.35. The van der Waals surface area contributed by atoms with E-state index in [9.17, 15) is 9.18 Å². The van der Waals surface area contributed by atoms with E-state index >= 15 is 0 Å². The number of nitrogens with two attached hydrogens (primary N) is 1. The Morgan fingerprint density at radius 3 is 2.94 bits per heavy atom. The second-order valence-electron chi connectivity index (χ2n) is 3.45. The minimum absolute atomic E-state index is 0.172. The van der Waals surface area contributed by atoms with E-state index in [1.807, 2.05) is 0 Å². The summed E-state index contributed by atoms with van der Waals surface area (Å²) < 4.78 is 17.6. The summed E-state index contributed by atoms with van der Waals surface area (Å²) in [5.41, 5.74) is 6.40. The third kappa shape index (κ3) is 2.81. The molecule has 5 nitrogen and oxygen atoms in total. The number of carbonyl (C=O) groups excluding carboxylic acids is 1. The molecule has 0 aliphatic carbocycles. The third-order valence-electron chi connectivity index (χ3n) is 2.10. The Balaban J connectivity index is 2.04. The summed E-state index contributed by atoms with van der Waals surface area (Å²) in [5.74, 6) is -0.962. The first kappa shape index (κ1) is 11.1. The number of anilines is 1. The summed E-state index contributed by atoms with van der Waals surface area (Å²) in [5, 5.41) is 6.20. The Bertz CT molecular complexity index is 505. The number of nitrogen functional groups attached to an aromatic ring is 1. The van der Waals surface area contributed by atoms with Gasteiger partial charge in [0.05, 0.1) is 6.54 Å². The van der Waals surface area contributed by atoms with Crippen LogP contribution in [-0.2, 0) is 6.54 Å². The van der Waals surface area contributed by atoms with Gasteiger partial charge in [-0.3, -0.25) is 4.79 Å². The van der Waals surface area contributed by atoms with Crippen LogP contribution in [-0.4, -0.2) is 11.1 Å². The van der Waals surface area contributed by atoms with E-state index in [4.69, 9.17) is 5.73 Å². The molecule has 1 heterocycles. The van der Waals surface area contributed by atoms with Gasteiger partial charge < -0.3 is 15.6 Å². The van der Waals surface area contributed by atoms with Crippen LogP contribution in [0.15, 0.2) is 35.1 Å². The van der Waals surface area contributed by atoms with Gasteiger partial charge in [0.25, 0.3) is 5.91 Å². The van der Waals surface area contributed by atoms with E-state index in [2.05, 4.69) is 15.0 Å². The van der Waals surface area contributed by atoms with Gasteiger partial charge in [0.2, 0.25) is 0 Å². The SMILES string of the molecule is Nc1cc(F)cc(C(=O)NCc2ccon2)c1. The Hall–Kier alpha value is -2.37. The number of nitrogens with zero attached hydrogens (tertiary/aromatic N) is 1. The summed E-state index contributed by atoms with van der Waals surface area (Å²) in [6.07, 6.45) is 1.40. The van der Waals surface area contributed by atoms with E-state index in [0.717, 1.165) is 12.1 Å². The van der Waals surface area contributed by atoms with Crippen molar-refractivity contribution < 1.29 is 13.7 Å². The second kappa shape index (κ2) is 4.65. The smallest absolute Gasteiger partial charge is 0.251 e. The molecule has 0 unspecified atom stereocenters. The van der Waals surface area contributed by atoms with Gasteiger partial charge in [-0.2, -0.15) is 0 Å². The lowest BCUT2D eigenvalue weighted by Crippen LogP contribution is -2.23. The van der Waals surface area contributed by atoms with Crippen LogP contribution < -0.4 is 11.1 Å². The minimum Gasteiger partial charge on any atom is -0.399 e. The molecular formula is C11H10FN3O2. The molecule has 2 rings (SSSR count). The summed E-state index contributed by atoms with van der Waals surface area (Å²) in [7, 11) is 0. The summed E-state index contributed by atoms with van der Waals surface area (Å²) in [4.78, 5) is 11.7. The lowest BCUT2D eigenvalue weighted by Gasteiger charge is -2.04. The monoisotopic (exact) mass is 235 g/mol. The van der Waals surface area contributed by atoms with Crippen molar-refractivity contribution in [2.75, 3.05) is 5.73 Å². The molecule has 1 aromatic heterocycles. The molecule has 0 saturated carbocycles. The van der Waals surface area contributed by atoms with E-state index in [-0.39, 0.29) is 17.8 Å². The number of rotatable bonds is 3. The Labute approximate surface area is 96.4 Å². The molecule has 88 valence electrons. The normalized spacial score (nSPS) is 10.2. The van der Waals surface area contributed by atoms with Crippen molar-refractivity contribution in [1.29, 1.82) is 0 Å². The maximum absolute atomic E-state index is 13.0. The predicted octanol–water partition coefficient (Wildman–Crippen LogP) is 1.33. The first-order valence-electron chi connectivity index (χ1n) is 4.88. The summed E-state index contributed by atoms with van der Waals surface area (Å²) >= 11 is 0. The zero-order valence-electron chi connectivity index (χ0n) is 8.81. The first-order valence-corrected chi connectivity index (χ1v) is 4.88. The molecule has 0 fully saturated rings. The Morgan fingerprint density at radius 2 is 2.29 bits per heavy atom. The van der Waals surface area contributed by atoms with Gasteiger partial charge in [0, 0.05) is 17.3 Å². The van der Waals surface area contributed by atoms with Gasteiger partial charge >= 0.3 is 0 Å². The largest absolute Gasteiger partial charge is 0.399 e. The van der Waals surface area contributed by atoms with Crippen LogP contribution in [0.25, 0.3) is 0 Å². The summed E-state index contributed by atoms with van der Waals surface area (Å²) in [6, 6.07) is 5.30. The Kier molecular flexibility index (Phi) is 3.04. The molecule has 0 spiro atoms. The zero-order chi connectivity index (χ0) is 12.3. The van der Waals surface area contributed by atoms with Gasteiger partial charge in [-0.25, -0.2) is 4.39 Å². The van der Waals surface area contributed by atoms with Crippen LogP contribution in [0.2, 0.25) is 0 Å². The highest BCUT2D eigenvalue weighted by molar-refractivity contribution is 5.94. The van der Waals surface area contributed by atoms with Crippen LogP contribution >= 0.6 is 0 Å². The van der Waals surface area contributed by atoms with Crippen molar-refractivity contribution in [3.63, 3.8) is 0 Å². The van der Waals surface area contributed by atoms with E-state index < -0.39 is 11.7 Å². The topological polar surface area (TPSA) is 81.2 Å². The molecule has 17 heavy (non-hydrogen) atoms. The van der Waals surface area contributed by atoms with E-state index in [1.54, 1.807) is 6.07 Å². The van der Waals surface area contributed by atoms with Crippen LogP contribution in [0.1, 0.15) is 16.1 Å². The number of carbonyl (C=O) groups is 1. The fourth-order valence-corrected chi connectivity index (χ4v) is 1.35. The number of benzene rings is 1. The van der Waals surface area contributed by atoms with Crippen molar-refractivity contribution in [2.24, 2.45) is 0 Å². The van der Waals surface area contributed by atoms with Crippen molar-refractivity contribution >= 4 is 11.6 Å². The van der Waals surface area contributed by atoms with Crippen molar-refractivity contribution in [3.05, 3.63) is 47.6 Å². The zero-order valence-corrected chi connectivity index (χ0v) is 8.81. The molecular weight excluding hydrogens is 225 g/mol. The average molecular weight is 235 g/mol. The molecule has 2 aromatic rings. The lowest BCUT2D eigenvalue weighted by atomic mass is 10.2. The second-order valence-corrected chi connectivity index (χ2v) is 3.45. The van der Waals surface area contributed by atoms with Crippen molar-refractivity contribution in [3.8, 4) is 0 Å². The first-order chi connectivity index (χ1) is 8.15. The molecule has 1 aromatic carbocycles. The molecule has 0 radical (unpaired) electrons. The Morgan fingerprint density at radius 1 is 1.47 bits per heavy atom. The fraction of sp³-hybridized carbons (Fsp3) is 0.0909. The van der Waals surface area contributed by atoms with Crippen LogP contribution in [0, 0.1) is 5.82 Å². The maximum Gasteiger partial charge on any atom is 0.251 e. The number of hydrogen-bond acceptors (Lipinski definition) is 4. The number of nitrogens with one attached hydrogen (secondary N) is 1. The number of aromatic nitrogens is 1. The molecule has 0 bridgehead atoms. The van der Waals surface area contributed by atoms with Crippen LogP contribution in [0.3, 0.4) is 0 Å². The molecule has 0 saturated heterocycles.